The lowest BCUT2D eigenvalue weighted by Crippen LogP contribution is -2.37. The van der Waals surface area contributed by atoms with Gasteiger partial charge in [0.2, 0.25) is 0 Å². The molecular formula is C14H11Cl2N5O2. The summed E-state index contributed by atoms with van der Waals surface area (Å²) in [4.78, 5) is 32.1. The van der Waals surface area contributed by atoms with Gasteiger partial charge in [0, 0.05) is 24.2 Å². The van der Waals surface area contributed by atoms with Gasteiger partial charge >= 0.3 is 5.69 Å². The van der Waals surface area contributed by atoms with E-state index >= 15 is 0 Å². The van der Waals surface area contributed by atoms with Gasteiger partial charge in [0.1, 0.15) is 0 Å². The molecule has 0 spiro atoms. The molecular weight excluding hydrogens is 341 g/mol. The van der Waals surface area contributed by atoms with Crippen LogP contribution in [0.15, 0.2) is 27.8 Å². The van der Waals surface area contributed by atoms with E-state index in [1.165, 1.54) is 11.7 Å². The second-order valence-corrected chi connectivity index (χ2v) is 5.65. The Morgan fingerprint density at radius 2 is 1.91 bits per heavy atom. The Kier molecular flexibility index (Phi) is 3.91. The van der Waals surface area contributed by atoms with Gasteiger partial charge in [0.05, 0.1) is 5.02 Å². The minimum atomic E-state index is -0.648. The highest BCUT2D eigenvalue weighted by molar-refractivity contribution is 6.36. The Bertz CT molecular complexity index is 995. The molecule has 0 atom stereocenters. The van der Waals surface area contributed by atoms with Gasteiger partial charge in [0.15, 0.2) is 17.3 Å². The highest BCUT2D eigenvalue weighted by Gasteiger charge is 2.21. The first-order valence-electron chi connectivity index (χ1n) is 6.73. The third-order valence-corrected chi connectivity index (χ3v) is 3.90. The van der Waals surface area contributed by atoms with E-state index in [-0.39, 0.29) is 17.3 Å². The van der Waals surface area contributed by atoms with Gasteiger partial charge in [-0.3, -0.25) is 9.36 Å². The van der Waals surface area contributed by atoms with Crippen molar-refractivity contribution in [2.45, 2.75) is 13.5 Å². The maximum atomic E-state index is 12.3. The molecule has 118 valence electrons. The van der Waals surface area contributed by atoms with Gasteiger partial charge in [-0.2, -0.15) is 10.1 Å². The molecule has 3 rings (SSSR count). The number of hydrogen-bond acceptors (Lipinski definition) is 5. The minimum absolute atomic E-state index is 0.0602. The van der Waals surface area contributed by atoms with E-state index in [0.717, 1.165) is 4.57 Å². The molecule has 0 unspecified atom stereocenters. The molecule has 2 aliphatic rings. The first-order valence-corrected chi connectivity index (χ1v) is 7.49. The molecule has 0 bridgehead atoms. The molecule has 1 aromatic carbocycles. The lowest BCUT2D eigenvalue weighted by Gasteiger charge is -2.13. The first kappa shape index (κ1) is 15.6. The van der Waals surface area contributed by atoms with Crippen LogP contribution in [0.2, 0.25) is 10.0 Å². The number of aromatic nitrogens is 5. The molecule has 0 fully saturated rings. The summed E-state index contributed by atoms with van der Waals surface area (Å²) in [5, 5.41) is 5.17. The summed E-state index contributed by atoms with van der Waals surface area (Å²) in [5.41, 5.74) is -0.583. The summed E-state index contributed by atoms with van der Waals surface area (Å²) in [6.45, 7) is 2.24. The average molecular weight is 352 g/mol. The molecule has 7 nitrogen and oxygen atoms in total. The molecule has 0 amide bonds. The van der Waals surface area contributed by atoms with E-state index in [0.29, 0.717) is 22.2 Å². The van der Waals surface area contributed by atoms with Crippen LogP contribution in [0.5, 0.6) is 0 Å². The van der Waals surface area contributed by atoms with Crippen molar-refractivity contribution in [1.29, 1.82) is 0 Å². The fraction of sp³-hybridized carbons (Fsp3) is 0.214. The van der Waals surface area contributed by atoms with Crippen LogP contribution in [0.25, 0.3) is 22.9 Å². The average Bonchev–Trinajstić information content (AvgIpc) is 2.52. The third kappa shape index (κ3) is 2.62. The summed E-state index contributed by atoms with van der Waals surface area (Å²) < 4.78 is 2.36. The Morgan fingerprint density at radius 3 is 2.57 bits per heavy atom. The van der Waals surface area contributed by atoms with Gasteiger partial charge in [-0.1, -0.05) is 23.2 Å². The van der Waals surface area contributed by atoms with Crippen molar-refractivity contribution in [2.24, 2.45) is 7.05 Å². The molecule has 23 heavy (non-hydrogen) atoms. The topological polar surface area (TPSA) is 82.7 Å². The highest BCUT2D eigenvalue weighted by Crippen LogP contribution is 2.28. The standard InChI is InChI=1S/C14H11Cl2N5O2/c1-3-21-12-10(13(22)20(2)14(23)18-12)17-11(19-21)8-5-4-7(15)6-9(8)16/h4-6H,3H2,1-2H3. The molecule has 2 aliphatic heterocycles. The highest BCUT2D eigenvalue weighted by atomic mass is 35.5. The van der Waals surface area contributed by atoms with Crippen LogP contribution in [0.3, 0.4) is 0 Å². The molecule has 0 radical (unpaired) electrons. The van der Waals surface area contributed by atoms with E-state index in [9.17, 15) is 9.59 Å². The quantitative estimate of drug-likeness (QED) is 0.703. The zero-order valence-corrected chi connectivity index (χ0v) is 13.8. The predicted octanol–water partition coefficient (Wildman–Crippen LogP) is 1.83. The van der Waals surface area contributed by atoms with Gasteiger partial charge in [0.25, 0.3) is 5.56 Å². The lowest BCUT2D eigenvalue weighted by molar-refractivity contribution is 0.612. The van der Waals surface area contributed by atoms with Crippen LogP contribution >= 0.6 is 23.2 Å². The van der Waals surface area contributed by atoms with Gasteiger partial charge in [-0.05, 0) is 25.1 Å². The van der Waals surface area contributed by atoms with E-state index < -0.39 is 11.2 Å². The lowest BCUT2D eigenvalue weighted by atomic mass is 10.2. The van der Waals surface area contributed by atoms with Crippen molar-refractivity contribution in [3.63, 3.8) is 0 Å². The van der Waals surface area contributed by atoms with E-state index in [1.807, 2.05) is 6.92 Å². The zero-order chi connectivity index (χ0) is 16.7. The number of nitrogens with zero attached hydrogens (tertiary/aromatic N) is 5. The molecule has 0 saturated carbocycles. The molecule has 0 N–H and O–H groups in total. The summed E-state index contributed by atoms with van der Waals surface area (Å²) in [6.07, 6.45) is 0. The predicted molar refractivity (Wildman–Crippen MR) is 87.1 cm³/mol. The summed E-state index contributed by atoms with van der Waals surface area (Å²) in [7, 11) is 1.35. The molecule has 0 aliphatic carbocycles. The largest absolute Gasteiger partial charge is 0.352 e. The Morgan fingerprint density at radius 1 is 1.17 bits per heavy atom. The van der Waals surface area contributed by atoms with Crippen LogP contribution in [-0.2, 0) is 13.6 Å². The number of hydrogen-bond donors (Lipinski definition) is 0. The third-order valence-electron chi connectivity index (χ3n) is 3.36. The second-order valence-electron chi connectivity index (χ2n) is 4.81. The second kappa shape index (κ2) is 5.75. The summed E-state index contributed by atoms with van der Waals surface area (Å²) in [5.74, 6) is 0.410. The van der Waals surface area contributed by atoms with Crippen LogP contribution in [0.1, 0.15) is 6.92 Å². The number of benzene rings is 1. The molecule has 9 heteroatoms. The fourth-order valence-electron chi connectivity index (χ4n) is 2.13. The van der Waals surface area contributed by atoms with E-state index in [1.54, 1.807) is 18.2 Å². The van der Waals surface area contributed by atoms with Crippen molar-refractivity contribution < 1.29 is 0 Å². The fourth-order valence-corrected chi connectivity index (χ4v) is 2.63. The van der Waals surface area contributed by atoms with Crippen molar-refractivity contribution >= 4 is 23.2 Å². The van der Waals surface area contributed by atoms with Crippen LogP contribution in [0, 0.1) is 0 Å². The van der Waals surface area contributed by atoms with Crippen molar-refractivity contribution in [3.8, 4) is 22.9 Å². The van der Waals surface area contributed by atoms with E-state index in [4.69, 9.17) is 23.2 Å². The van der Waals surface area contributed by atoms with E-state index in [2.05, 4.69) is 15.1 Å². The van der Waals surface area contributed by atoms with Crippen molar-refractivity contribution in [2.75, 3.05) is 0 Å². The maximum absolute atomic E-state index is 12.3. The summed E-state index contributed by atoms with van der Waals surface area (Å²) >= 11 is 12.1. The van der Waals surface area contributed by atoms with Crippen LogP contribution in [-0.4, -0.2) is 24.3 Å². The number of halogens is 2. The Hall–Kier alpha value is -2.25. The first-order chi connectivity index (χ1) is 10.9. The summed E-state index contributed by atoms with van der Waals surface area (Å²) in [6, 6.07) is 4.90. The number of fused-ring (bicyclic) bond motifs is 1. The minimum Gasteiger partial charge on any atom is -0.267 e. The SMILES string of the molecule is CCn1nc(-c2ccc(Cl)cc2Cl)nc2c(=O)n(C)c(=O)nc1-2. The number of aryl methyl sites for hydroxylation is 1. The van der Waals surface area contributed by atoms with Crippen LogP contribution in [0.4, 0.5) is 0 Å². The molecule has 1 aromatic rings. The normalized spacial score (nSPS) is 11.1. The zero-order valence-electron chi connectivity index (χ0n) is 12.2. The smallest absolute Gasteiger partial charge is 0.267 e. The maximum Gasteiger partial charge on any atom is 0.352 e. The molecule has 0 aromatic heterocycles. The van der Waals surface area contributed by atoms with Gasteiger partial charge in [-0.15, -0.1) is 0 Å². The molecule has 0 saturated heterocycles. The van der Waals surface area contributed by atoms with Crippen molar-refractivity contribution in [1.82, 2.24) is 24.3 Å². The Labute approximate surface area is 140 Å². The van der Waals surface area contributed by atoms with Crippen molar-refractivity contribution in [3.05, 3.63) is 49.1 Å². The van der Waals surface area contributed by atoms with Gasteiger partial charge in [-0.25, -0.2) is 14.5 Å². The molecule has 2 heterocycles. The Balaban J connectivity index is 2.38. The monoisotopic (exact) mass is 351 g/mol. The number of rotatable bonds is 2. The van der Waals surface area contributed by atoms with Crippen LogP contribution < -0.4 is 11.2 Å². The van der Waals surface area contributed by atoms with Gasteiger partial charge < -0.3 is 0 Å².